The maximum absolute atomic E-state index is 5.62. The van der Waals surface area contributed by atoms with Gasteiger partial charge in [0, 0.05) is 10.2 Å². The van der Waals surface area contributed by atoms with Crippen LogP contribution in [0.5, 0.6) is 5.75 Å². The van der Waals surface area contributed by atoms with E-state index in [1.165, 1.54) is 11.5 Å². The number of hydrogen-bond donors (Lipinski definition) is 0. The first-order valence-corrected chi connectivity index (χ1v) is 7.67. The number of thioether (sulfide) groups is 1. The van der Waals surface area contributed by atoms with Gasteiger partial charge < -0.3 is 4.74 Å². The van der Waals surface area contributed by atoms with Gasteiger partial charge in [0.05, 0.1) is 6.61 Å². The van der Waals surface area contributed by atoms with Crippen molar-refractivity contribution in [1.82, 2.24) is 9.36 Å². The number of benzene rings is 1. The van der Waals surface area contributed by atoms with Crippen molar-refractivity contribution in [3.63, 3.8) is 0 Å². The van der Waals surface area contributed by atoms with Gasteiger partial charge in [0.2, 0.25) is 5.28 Å². The molecule has 0 atom stereocenters. The Morgan fingerprint density at radius 1 is 1.35 bits per heavy atom. The normalized spacial score (nSPS) is 10.5. The van der Waals surface area contributed by atoms with Crippen molar-refractivity contribution in [3.05, 3.63) is 34.0 Å². The fourth-order valence-electron chi connectivity index (χ4n) is 1.07. The monoisotopic (exact) mass is 350 g/mol. The molecule has 0 amide bonds. The van der Waals surface area contributed by atoms with Crippen LogP contribution in [0.1, 0.15) is 0 Å². The summed E-state index contributed by atoms with van der Waals surface area (Å²) in [4.78, 5) is 4.04. The van der Waals surface area contributed by atoms with Crippen LogP contribution >= 0.6 is 50.8 Å². The average molecular weight is 352 g/mol. The predicted molar refractivity (Wildman–Crippen MR) is 75.3 cm³/mol. The van der Waals surface area contributed by atoms with Gasteiger partial charge in [-0.05, 0) is 47.4 Å². The van der Waals surface area contributed by atoms with Crippen molar-refractivity contribution < 1.29 is 4.74 Å². The Morgan fingerprint density at radius 3 is 2.76 bits per heavy atom. The summed E-state index contributed by atoms with van der Waals surface area (Å²) in [5.74, 6) is 1.69. The van der Waals surface area contributed by atoms with Crippen LogP contribution in [0.4, 0.5) is 0 Å². The Bertz CT molecular complexity index is 477. The highest BCUT2D eigenvalue weighted by Crippen LogP contribution is 2.22. The number of ether oxygens (including phenoxy) is 1. The Hall–Kier alpha value is -0.300. The van der Waals surface area contributed by atoms with Crippen molar-refractivity contribution in [2.75, 3.05) is 12.4 Å². The minimum absolute atomic E-state index is 0.311. The number of rotatable bonds is 5. The summed E-state index contributed by atoms with van der Waals surface area (Å²) >= 11 is 11.9. The molecule has 2 rings (SSSR count). The zero-order valence-electron chi connectivity index (χ0n) is 8.60. The van der Waals surface area contributed by atoms with E-state index < -0.39 is 0 Å². The van der Waals surface area contributed by atoms with Crippen molar-refractivity contribution >= 4 is 50.8 Å². The van der Waals surface area contributed by atoms with Crippen LogP contribution in [0.2, 0.25) is 5.28 Å². The molecular formula is C10H8BrClN2OS2. The molecule has 0 aliphatic rings. The third kappa shape index (κ3) is 4.46. The lowest BCUT2D eigenvalue weighted by Gasteiger charge is -2.04. The van der Waals surface area contributed by atoms with Crippen LogP contribution in [-0.4, -0.2) is 21.7 Å². The molecule has 0 saturated heterocycles. The third-order valence-corrected chi connectivity index (χ3v) is 4.37. The molecule has 1 aromatic heterocycles. The summed E-state index contributed by atoms with van der Waals surface area (Å²) in [6.07, 6.45) is 0. The molecular weight excluding hydrogens is 344 g/mol. The molecule has 0 fully saturated rings. The van der Waals surface area contributed by atoms with E-state index in [0.29, 0.717) is 11.9 Å². The van der Waals surface area contributed by atoms with E-state index in [1.807, 2.05) is 24.3 Å². The van der Waals surface area contributed by atoms with Gasteiger partial charge in [-0.25, -0.2) is 0 Å². The van der Waals surface area contributed by atoms with Crippen LogP contribution in [0, 0.1) is 0 Å². The Balaban J connectivity index is 1.71. The zero-order chi connectivity index (χ0) is 12.1. The highest BCUT2D eigenvalue weighted by atomic mass is 79.9. The molecule has 2 aromatic rings. The zero-order valence-corrected chi connectivity index (χ0v) is 12.6. The van der Waals surface area contributed by atoms with Gasteiger partial charge in [-0.2, -0.15) is 9.36 Å². The van der Waals surface area contributed by atoms with E-state index in [9.17, 15) is 0 Å². The van der Waals surface area contributed by atoms with Gasteiger partial charge in [-0.1, -0.05) is 27.7 Å². The summed E-state index contributed by atoms with van der Waals surface area (Å²) in [7, 11) is 0. The van der Waals surface area contributed by atoms with Crippen LogP contribution < -0.4 is 4.74 Å². The second-order valence-electron chi connectivity index (χ2n) is 2.98. The van der Waals surface area contributed by atoms with Gasteiger partial charge in [0.25, 0.3) is 0 Å². The highest BCUT2D eigenvalue weighted by molar-refractivity contribution is 9.10. The fourth-order valence-corrected chi connectivity index (χ4v) is 3.01. The fraction of sp³-hybridized carbons (Fsp3) is 0.200. The average Bonchev–Trinajstić information content (AvgIpc) is 2.73. The lowest BCUT2D eigenvalue weighted by Crippen LogP contribution is -1.99. The summed E-state index contributed by atoms with van der Waals surface area (Å²) in [5.41, 5.74) is 0. The van der Waals surface area contributed by atoms with E-state index >= 15 is 0 Å². The molecule has 0 radical (unpaired) electrons. The molecule has 1 aromatic carbocycles. The topological polar surface area (TPSA) is 35.0 Å². The van der Waals surface area contributed by atoms with Crippen LogP contribution in [-0.2, 0) is 0 Å². The molecule has 0 saturated carbocycles. The first-order valence-electron chi connectivity index (χ1n) is 4.74. The number of halogens is 2. The van der Waals surface area contributed by atoms with Gasteiger partial charge in [0.15, 0.2) is 4.34 Å². The lowest BCUT2D eigenvalue weighted by atomic mass is 10.3. The minimum atomic E-state index is 0.311. The second kappa shape index (κ2) is 6.58. The lowest BCUT2D eigenvalue weighted by molar-refractivity contribution is 0.344. The molecule has 90 valence electrons. The SMILES string of the molecule is Clc1nsc(SCCOc2ccc(Br)cc2)n1. The number of hydrogen-bond acceptors (Lipinski definition) is 5. The summed E-state index contributed by atoms with van der Waals surface area (Å²) in [6.45, 7) is 0.628. The van der Waals surface area contributed by atoms with Crippen molar-refractivity contribution in [3.8, 4) is 5.75 Å². The van der Waals surface area contributed by atoms with E-state index in [2.05, 4.69) is 25.3 Å². The van der Waals surface area contributed by atoms with E-state index in [4.69, 9.17) is 16.3 Å². The standard InChI is InChI=1S/C10H8BrClN2OS2/c11-7-1-3-8(4-2-7)15-5-6-16-10-13-9(12)14-17-10/h1-4H,5-6H2. The Morgan fingerprint density at radius 2 is 2.12 bits per heavy atom. The third-order valence-electron chi connectivity index (χ3n) is 1.77. The van der Waals surface area contributed by atoms with Gasteiger partial charge >= 0.3 is 0 Å². The van der Waals surface area contributed by atoms with Crippen LogP contribution in [0.25, 0.3) is 0 Å². The predicted octanol–water partition coefficient (Wildman–Crippen LogP) is 4.13. The number of nitrogens with zero attached hydrogens (tertiary/aromatic N) is 2. The molecule has 1 heterocycles. The van der Waals surface area contributed by atoms with Crippen molar-refractivity contribution in [2.24, 2.45) is 0 Å². The van der Waals surface area contributed by atoms with Crippen LogP contribution in [0.15, 0.2) is 33.1 Å². The Labute approximate surface area is 121 Å². The van der Waals surface area contributed by atoms with Crippen molar-refractivity contribution in [1.29, 1.82) is 0 Å². The highest BCUT2D eigenvalue weighted by Gasteiger charge is 2.02. The van der Waals surface area contributed by atoms with E-state index in [0.717, 1.165) is 20.3 Å². The quantitative estimate of drug-likeness (QED) is 0.599. The maximum Gasteiger partial charge on any atom is 0.235 e. The van der Waals surface area contributed by atoms with Crippen molar-refractivity contribution in [2.45, 2.75) is 4.34 Å². The first kappa shape index (κ1) is 13.1. The molecule has 0 N–H and O–H groups in total. The number of aromatic nitrogens is 2. The van der Waals surface area contributed by atoms with Crippen LogP contribution in [0.3, 0.4) is 0 Å². The maximum atomic E-state index is 5.62. The summed E-state index contributed by atoms with van der Waals surface area (Å²) in [5, 5.41) is 0.311. The summed E-state index contributed by atoms with van der Waals surface area (Å²) < 4.78 is 11.4. The first-order chi connectivity index (χ1) is 8.24. The molecule has 17 heavy (non-hydrogen) atoms. The van der Waals surface area contributed by atoms with E-state index in [1.54, 1.807) is 11.8 Å². The largest absolute Gasteiger partial charge is 0.493 e. The minimum Gasteiger partial charge on any atom is -0.493 e. The van der Waals surface area contributed by atoms with Gasteiger partial charge in [-0.15, -0.1) is 0 Å². The Kier molecular flexibility index (Phi) is 5.09. The molecule has 0 unspecified atom stereocenters. The molecule has 0 aliphatic heterocycles. The van der Waals surface area contributed by atoms with Gasteiger partial charge in [0.1, 0.15) is 5.75 Å². The molecule has 0 spiro atoms. The summed E-state index contributed by atoms with van der Waals surface area (Å²) in [6, 6.07) is 7.76. The molecule has 3 nitrogen and oxygen atoms in total. The van der Waals surface area contributed by atoms with E-state index in [-0.39, 0.29) is 0 Å². The molecule has 0 bridgehead atoms. The molecule has 0 aliphatic carbocycles. The van der Waals surface area contributed by atoms with Gasteiger partial charge in [-0.3, -0.25) is 0 Å². The smallest absolute Gasteiger partial charge is 0.235 e. The molecule has 7 heteroatoms. The second-order valence-corrected chi connectivity index (χ2v) is 6.33.